The van der Waals surface area contributed by atoms with Crippen molar-refractivity contribution in [1.82, 2.24) is 9.78 Å². The zero-order valence-electron chi connectivity index (χ0n) is 10.2. The fourth-order valence-electron chi connectivity index (χ4n) is 1.56. The molecule has 4 nitrogen and oxygen atoms in total. The number of carbonyl (C=O) groups is 1. The molecule has 2 rings (SSSR count). The number of hydrogen-bond acceptors (Lipinski definition) is 3. The Labute approximate surface area is 108 Å². The third-order valence-electron chi connectivity index (χ3n) is 2.53. The lowest BCUT2D eigenvalue weighted by atomic mass is 10.1. The molecule has 0 fully saturated rings. The van der Waals surface area contributed by atoms with Gasteiger partial charge in [-0.2, -0.15) is 5.10 Å². The van der Waals surface area contributed by atoms with Crippen LogP contribution >= 0.6 is 0 Å². The molecule has 0 unspecified atom stereocenters. The van der Waals surface area contributed by atoms with Gasteiger partial charge >= 0.3 is 0 Å². The average molecular weight is 266 g/mol. The van der Waals surface area contributed by atoms with Crippen LogP contribution in [0.5, 0.6) is 5.88 Å². The van der Waals surface area contributed by atoms with E-state index in [0.717, 1.165) is 6.07 Å². The Balaban J connectivity index is 2.01. The summed E-state index contributed by atoms with van der Waals surface area (Å²) in [6.07, 6.45) is -2.66. The van der Waals surface area contributed by atoms with E-state index in [0.29, 0.717) is 5.56 Å². The smallest absolute Gasteiger partial charge is 0.282 e. The minimum Gasteiger partial charge on any atom is -0.469 e. The molecular weight excluding hydrogens is 254 g/mol. The Morgan fingerprint density at radius 2 is 2.05 bits per heavy atom. The fraction of sp³-hybridized carbons (Fsp3) is 0.231. The van der Waals surface area contributed by atoms with Crippen LogP contribution in [-0.4, -0.2) is 22.2 Å². The van der Waals surface area contributed by atoms with Crippen molar-refractivity contribution < 1.29 is 18.3 Å². The van der Waals surface area contributed by atoms with Gasteiger partial charge in [0.25, 0.3) is 6.43 Å². The second-order valence-electron chi connectivity index (χ2n) is 3.91. The SMILES string of the molecule is Cn1nc(C(F)F)cc1OCC(=O)c1ccccc1. The molecule has 0 N–H and O–H groups in total. The maximum atomic E-state index is 12.4. The second kappa shape index (κ2) is 5.60. The summed E-state index contributed by atoms with van der Waals surface area (Å²) in [7, 11) is 1.48. The van der Waals surface area contributed by atoms with Gasteiger partial charge in [-0.05, 0) is 0 Å². The standard InChI is InChI=1S/C13H12F2N2O2/c1-17-12(7-10(16-17)13(14)15)19-8-11(18)9-5-3-2-4-6-9/h2-7,13H,8H2,1H3. The molecule has 0 aliphatic carbocycles. The van der Waals surface area contributed by atoms with Crippen LogP contribution in [0.15, 0.2) is 36.4 Å². The van der Waals surface area contributed by atoms with Gasteiger partial charge in [0.05, 0.1) is 0 Å². The summed E-state index contributed by atoms with van der Waals surface area (Å²) in [6.45, 7) is -0.216. The first-order valence-corrected chi connectivity index (χ1v) is 5.61. The monoisotopic (exact) mass is 266 g/mol. The number of carbonyl (C=O) groups excluding carboxylic acids is 1. The topological polar surface area (TPSA) is 44.1 Å². The molecule has 1 heterocycles. The lowest BCUT2D eigenvalue weighted by Crippen LogP contribution is -2.13. The fourth-order valence-corrected chi connectivity index (χ4v) is 1.56. The first-order valence-electron chi connectivity index (χ1n) is 5.61. The van der Waals surface area contributed by atoms with Crippen LogP contribution < -0.4 is 4.74 Å². The van der Waals surface area contributed by atoms with Crippen LogP contribution in [0.1, 0.15) is 22.5 Å². The van der Waals surface area contributed by atoms with E-state index in [1.54, 1.807) is 30.3 Å². The van der Waals surface area contributed by atoms with E-state index < -0.39 is 6.43 Å². The van der Waals surface area contributed by atoms with Crippen LogP contribution in [0.2, 0.25) is 0 Å². The first kappa shape index (κ1) is 13.2. The molecule has 6 heteroatoms. The molecule has 0 aliphatic heterocycles. The number of rotatable bonds is 5. The number of benzene rings is 1. The summed E-state index contributed by atoms with van der Waals surface area (Å²) >= 11 is 0. The molecule has 0 aliphatic rings. The van der Waals surface area contributed by atoms with E-state index >= 15 is 0 Å². The Hall–Kier alpha value is -2.24. The van der Waals surface area contributed by atoms with E-state index in [-0.39, 0.29) is 24.0 Å². The van der Waals surface area contributed by atoms with Crippen molar-refractivity contribution in [1.29, 1.82) is 0 Å². The van der Waals surface area contributed by atoms with Gasteiger partial charge in [-0.3, -0.25) is 4.79 Å². The van der Waals surface area contributed by atoms with Crippen molar-refractivity contribution >= 4 is 5.78 Å². The van der Waals surface area contributed by atoms with E-state index in [1.807, 2.05) is 0 Å². The zero-order valence-corrected chi connectivity index (χ0v) is 10.2. The van der Waals surface area contributed by atoms with Crippen molar-refractivity contribution in [3.8, 4) is 5.88 Å². The molecule has 2 aromatic rings. The summed E-state index contributed by atoms with van der Waals surface area (Å²) in [4.78, 5) is 11.8. The molecule has 19 heavy (non-hydrogen) atoms. The van der Waals surface area contributed by atoms with Gasteiger partial charge in [0.1, 0.15) is 5.69 Å². The van der Waals surface area contributed by atoms with Gasteiger partial charge in [-0.1, -0.05) is 30.3 Å². The van der Waals surface area contributed by atoms with Crippen molar-refractivity contribution in [2.75, 3.05) is 6.61 Å². The van der Waals surface area contributed by atoms with Gasteiger partial charge in [0.15, 0.2) is 12.4 Å². The Bertz CT molecular complexity index is 567. The quantitative estimate of drug-likeness (QED) is 0.781. The minimum absolute atomic E-state index is 0.139. The third-order valence-corrected chi connectivity index (χ3v) is 2.53. The van der Waals surface area contributed by atoms with E-state index in [9.17, 15) is 13.6 Å². The molecule has 100 valence electrons. The molecular formula is C13H12F2N2O2. The molecule has 0 spiro atoms. The number of Topliss-reactive ketones (excluding diaryl/α,β-unsaturated/α-hetero) is 1. The highest BCUT2D eigenvalue weighted by Gasteiger charge is 2.15. The molecule has 0 amide bonds. The third kappa shape index (κ3) is 3.15. The zero-order chi connectivity index (χ0) is 13.8. The van der Waals surface area contributed by atoms with E-state index in [4.69, 9.17) is 4.74 Å². The molecule has 1 aromatic heterocycles. The molecule has 0 atom stereocenters. The largest absolute Gasteiger partial charge is 0.469 e. The Kier molecular flexibility index (Phi) is 3.89. The molecule has 0 saturated carbocycles. The van der Waals surface area contributed by atoms with Crippen LogP contribution in [0.25, 0.3) is 0 Å². The van der Waals surface area contributed by atoms with E-state index in [2.05, 4.69) is 5.10 Å². The number of aryl methyl sites for hydroxylation is 1. The number of nitrogens with zero attached hydrogens (tertiary/aromatic N) is 2. The molecule has 0 saturated heterocycles. The van der Waals surface area contributed by atoms with Crippen LogP contribution in [0.3, 0.4) is 0 Å². The number of ether oxygens (including phenoxy) is 1. The highest BCUT2D eigenvalue weighted by Crippen LogP contribution is 2.21. The molecule has 0 bridgehead atoms. The first-order chi connectivity index (χ1) is 9.08. The second-order valence-corrected chi connectivity index (χ2v) is 3.91. The van der Waals surface area contributed by atoms with Gasteiger partial charge < -0.3 is 4.74 Å². The van der Waals surface area contributed by atoms with Crippen LogP contribution in [-0.2, 0) is 7.05 Å². The lowest BCUT2D eigenvalue weighted by molar-refractivity contribution is 0.0915. The highest BCUT2D eigenvalue weighted by atomic mass is 19.3. The Morgan fingerprint density at radius 1 is 1.37 bits per heavy atom. The summed E-state index contributed by atoms with van der Waals surface area (Å²) in [5.74, 6) is -0.0834. The number of aromatic nitrogens is 2. The lowest BCUT2D eigenvalue weighted by Gasteiger charge is -2.04. The number of hydrogen-bond donors (Lipinski definition) is 0. The summed E-state index contributed by atoms with van der Waals surface area (Å²) in [5, 5.41) is 3.59. The van der Waals surface area contributed by atoms with Gasteiger partial charge in [0.2, 0.25) is 5.88 Å². The summed E-state index contributed by atoms with van der Waals surface area (Å²) < 4.78 is 31.2. The highest BCUT2D eigenvalue weighted by molar-refractivity contribution is 5.97. The summed E-state index contributed by atoms with van der Waals surface area (Å²) in [6, 6.07) is 9.74. The minimum atomic E-state index is -2.66. The Morgan fingerprint density at radius 3 is 2.63 bits per heavy atom. The van der Waals surface area contributed by atoms with E-state index in [1.165, 1.54) is 11.7 Å². The van der Waals surface area contributed by atoms with Crippen LogP contribution in [0.4, 0.5) is 8.78 Å². The van der Waals surface area contributed by atoms with Crippen molar-refractivity contribution in [2.45, 2.75) is 6.43 Å². The van der Waals surface area contributed by atoms with Crippen molar-refractivity contribution in [3.05, 3.63) is 47.7 Å². The predicted octanol–water partition coefficient (Wildman–Crippen LogP) is 2.62. The van der Waals surface area contributed by atoms with Crippen molar-refractivity contribution in [2.24, 2.45) is 7.05 Å². The maximum Gasteiger partial charge on any atom is 0.282 e. The van der Waals surface area contributed by atoms with Crippen molar-refractivity contribution in [3.63, 3.8) is 0 Å². The summed E-state index contributed by atoms with van der Waals surface area (Å²) in [5.41, 5.74) is 0.142. The number of ketones is 1. The van der Waals surface area contributed by atoms with Crippen LogP contribution in [0, 0.1) is 0 Å². The predicted molar refractivity (Wildman–Crippen MR) is 64.4 cm³/mol. The normalized spacial score (nSPS) is 10.7. The van der Waals surface area contributed by atoms with Gasteiger partial charge in [0, 0.05) is 18.7 Å². The maximum absolute atomic E-state index is 12.4. The van der Waals surface area contributed by atoms with Gasteiger partial charge in [-0.25, -0.2) is 13.5 Å². The molecule has 0 radical (unpaired) electrons. The number of halogens is 2. The average Bonchev–Trinajstić information content (AvgIpc) is 2.79. The molecule has 1 aromatic carbocycles. The van der Waals surface area contributed by atoms with Gasteiger partial charge in [-0.15, -0.1) is 0 Å². The number of alkyl halides is 2.